The van der Waals surface area contributed by atoms with Crippen LogP contribution in [-0.2, 0) is 14.3 Å². The predicted octanol–water partition coefficient (Wildman–Crippen LogP) is 1.10. The summed E-state index contributed by atoms with van der Waals surface area (Å²) in [6.45, 7) is 4.08. The maximum absolute atomic E-state index is 11.4. The molecule has 15 heavy (non-hydrogen) atoms. The van der Waals surface area contributed by atoms with Gasteiger partial charge in [0.2, 0.25) is 0 Å². The molecule has 1 fully saturated rings. The van der Waals surface area contributed by atoms with Gasteiger partial charge in [0.05, 0.1) is 25.7 Å². The van der Waals surface area contributed by atoms with Crippen LogP contribution in [0.2, 0.25) is 0 Å². The Balaban J connectivity index is 2.69. The van der Waals surface area contributed by atoms with Crippen molar-refractivity contribution in [3.05, 3.63) is 0 Å². The molecule has 0 radical (unpaired) electrons. The van der Waals surface area contributed by atoms with Gasteiger partial charge in [-0.25, -0.2) is 0 Å². The van der Waals surface area contributed by atoms with E-state index in [1.807, 2.05) is 20.9 Å². The highest BCUT2D eigenvalue weighted by molar-refractivity contribution is 5.70. The van der Waals surface area contributed by atoms with Gasteiger partial charge in [-0.1, -0.05) is 0 Å². The Bertz CT molecular complexity index is 220. The molecule has 4 nitrogen and oxygen atoms in total. The van der Waals surface area contributed by atoms with Crippen LogP contribution in [-0.4, -0.2) is 37.9 Å². The van der Waals surface area contributed by atoms with E-state index in [2.05, 4.69) is 5.32 Å². The van der Waals surface area contributed by atoms with E-state index in [1.165, 1.54) is 7.11 Å². The van der Waals surface area contributed by atoms with E-state index >= 15 is 0 Å². The second-order valence-corrected chi connectivity index (χ2v) is 4.45. The van der Waals surface area contributed by atoms with Crippen LogP contribution >= 0.6 is 0 Å². The summed E-state index contributed by atoms with van der Waals surface area (Å²) < 4.78 is 10.4. The molecule has 2 unspecified atom stereocenters. The van der Waals surface area contributed by atoms with Gasteiger partial charge in [-0.2, -0.15) is 0 Å². The summed E-state index contributed by atoms with van der Waals surface area (Å²) in [6.07, 6.45) is 2.49. The number of nitrogens with one attached hydrogen (secondary N) is 1. The Kier molecular flexibility index (Phi) is 4.11. The van der Waals surface area contributed by atoms with E-state index in [4.69, 9.17) is 9.47 Å². The van der Waals surface area contributed by atoms with Crippen molar-refractivity contribution in [2.75, 3.05) is 14.2 Å². The fraction of sp³-hybridized carbons (Fsp3) is 0.909. The summed E-state index contributed by atoms with van der Waals surface area (Å²) in [6, 6.07) is 0. The molecule has 2 atom stereocenters. The Hall–Kier alpha value is -0.610. The van der Waals surface area contributed by atoms with Crippen molar-refractivity contribution in [1.29, 1.82) is 0 Å². The molecule has 4 heteroatoms. The molecule has 1 saturated heterocycles. The summed E-state index contributed by atoms with van der Waals surface area (Å²) in [5.41, 5.74) is -0.163. The topological polar surface area (TPSA) is 47.6 Å². The van der Waals surface area contributed by atoms with Crippen molar-refractivity contribution >= 4 is 5.97 Å². The minimum absolute atomic E-state index is 0.161. The van der Waals surface area contributed by atoms with Crippen molar-refractivity contribution in [3.63, 3.8) is 0 Å². The normalized spacial score (nSPS) is 36.3. The van der Waals surface area contributed by atoms with Gasteiger partial charge in [0.1, 0.15) is 0 Å². The molecule has 0 aromatic rings. The lowest BCUT2D eigenvalue weighted by atomic mass is 9.81. The zero-order chi connectivity index (χ0) is 11.5. The number of carbonyl (C=O) groups is 1. The highest BCUT2D eigenvalue weighted by Crippen LogP contribution is 2.31. The Morgan fingerprint density at radius 1 is 1.47 bits per heavy atom. The fourth-order valence-electron chi connectivity index (χ4n) is 2.46. The first-order chi connectivity index (χ1) is 7.01. The van der Waals surface area contributed by atoms with Gasteiger partial charge in [-0.15, -0.1) is 0 Å². The quantitative estimate of drug-likeness (QED) is 0.716. The van der Waals surface area contributed by atoms with Gasteiger partial charge >= 0.3 is 5.97 Å². The molecule has 1 N–H and O–H groups in total. The van der Waals surface area contributed by atoms with E-state index in [0.717, 1.165) is 12.8 Å². The summed E-state index contributed by atoms with van der Waals surface area (Å²) in [5.74, 6) is -0.161. The molecule has 0 aromatic carbocycles. The first kappa shape index (κ1) is 12.5. The van der Waals surface area contributed by atoms with Crippen molar-refractivity contribution in [3.8, 4) is 0 Å². The molecular weight excluding hydrogens is 194 g/mol. The van der Waals surface area contributed by atoms with Crippen molar-refractivity contribution in [1.82, 2.24) is 5.32 Å². The summed E-state index contributed by atoms with van der Waals surface area (Å²) in [7, 11) is 3.32. The molecule has 0 aliphatic carbocycles. The molecule has 1 rings (SSSR count). The lowest BCUT2D eigenvalue weighted by molar-refractivity contribution is -0.145. The molecule has 88 valence electrons. The molecular formula is C11H21NO3. The van der Waals surface area contributed by atoms with Crippen LogP contribution < -0.4 is 5.32 Å². The lowest BCUT2D eigenvalue weighted by Crippen LogP contribution is -2.53. The Morgan fingerprint density at radius 3 is 2.40 bits per heavy atom. The van der Waals surface area contributed by atoms with Gasteiger partial charge in [-0.05, 0) is 33.7 Å². The molecule has 1 aliphatic heterocycles. The molecule has 0 spiro atoms. The third kappa shape index (κ3) is 3.18. The van der Waals surface area contributed by atoms with Crippen molar-refractivity contribution in [2.24, 2.45) is 0 Å². The van der Waals surface area contributed by atoms with Crippen LogP contribution in [0.1, 0.15) is 33.1 Å². The smallest absolute Gasteiger partial charge is 0.307 e. The van der Waals surface area contributed by atoms with Crippen LogP contribution in [0.15, 0.2) is 0 Å². The Morgan fingerprint density at radius 2 is 2.00 bits per heavy atom. The maximum Gasteiger partial charge on any atom is 0.307 e. The SMILES string of the molecule is CNC1(CC(=O)OC)CC(C)OC(C)C1. The van der Waals surface area contributed by atoms with Gasteiger partial charge in [0, 0.05) is 5.54 Å². The maximum atomic E-state index is 11.4. The number of ether oxygens (including phenoxy) is 2. The number of methoxy groups -OCH3 is 1. The number of hydrogen-bond donors (Lipinski definition) is 1. The van der Waals surface area contributed by atoms with Gasteiger partial charge in [0.15, 0.2) is 0 Å². The van der Waals surface area contributed by atoms with Crippen LogP contribution in [0.4, 0.5) is 0 Å². The van der Waals surface area contributed by atoms with E-state index in [9.17, 15) is 4.79 Å². The van der Waals surface area contributed by atoms with Crippen molar-refractivity contribution in [2.45, 2.75) is 50.9 Å². The van der Waals surface area contributed by atoms with E-state index in [0.29, 0.717) is 6.42 Å². The van der Waals surface area contributed by atoms with Gasteiger partial charge in [-0.3, -0.25) is 4.79 Å². The van der Waals surface area contributed by atoms with Crippen LogP contribution in [0, 0.1) is 0 Å². The van der Waals surface area contributed by atoms with Crippen molar-refractivity contribution < 1.29 is 14.3 Å². The number of esters is 1. The lowest BCUT2D eigenvalue weighted by Gasteiger charge is -2.42. The minimum atomic E-state index is -0.163. The zero-order valence-corrected chi connectivity index (χ0v) is 10.0. The molecule has 0 amide bonds. The Labute approximate surface area is 91.3 Å². The first-order valence-electron chi connectivity index (χ1n) is 5.42. The van der Waals surface area contributed by atoms with Gasteiger partial charge in [0.25, 0.3) is 0 Å². The minimum Gasteiger partial charge on any atom is -0.469 e. The standard InChI is InChI=1S/C11H21NO3/c1-8-5-11(12-3,6-9(2)15-8)7-10(13)14-4/h8-9,12H,5-7H2,1-4H3. The summed E-state index contributed by atoms with van der Waals surface area (Å²) >= 11 is 0. The molecule has 0 aromatic heterocycles. The average molecular weight is 215 g/mol. The second-order valence-electron chi connectivity index (χ2n) is 4.45. The third-order valence-corrected chi connectivity index (χ3v) is 3.06. The van der Waals surface area contributed by atoms with E-state index in [1.54, 1.807) is 0 Å². The number of rotatable bonds is 3. The average Bonchev–Trinajstić information content (AvgIpc) is 2.16. The highest BCUT2D eigenvalue weighted by Gasteiger charge is 2.39. The molecule has 1 aliphatic rings. The summed E-state index contributed by atoms with van der Waals surface area (Å²) in [5, 5.41) is 3.26. The number of carbonyl (C=O) groups excluding carboxylic acids is 1. The van der Waals surface area contributed by atoms with E-state index < -0.39 is 0 Å². The highest BCUT2D eigenvalue weighted by atomic mass is 16.5. The van der Waals surface area contributed by atoms with E-state index in [-0.39, 0.29) is 23.7 Å². The fourth-order valence-corrected chi connectivity index (χ4v) is 2.46. The molecule has 0 bridgehead atoms. The molecule has 1 heterocycles. The van der Waals surface area contributed by atoms with Crippen LogP contribution in [0.3, 0.4) is 0 Å². The largest absolute Gasteiger partial charge is 0.469 e. The third-order valence-electron chi connectivity index (χ3n) is 3.06. The first-order valence-corrected chi connectivity index (χ1v) is 5.42. The monoisotopic (exact) mass is 215 g/mol. The zero-order valence-electron chi connectivity index (χ0n) is 10.0. The second kappa shape index (κ2) is 4.94. The van der Waals surface area contributed by atoms with Crippen LogP contribution in [0.25, 0.3) is 0 Å². The molecule has 0 saturated carbocycles. The van der Waals surface area contributed by atoms with Gasteiger partial charge < -0.3 is 14.8 Å². The van der Waals surface area contributed by atoms with Crippen LogP contribution in [0.5, 0.6) is 0 Å². The predicted molar refractivity (Wildman–Crippen MR) is 57.7 cm³/mol. The number of hydrogen-bond acceptors (Lipinski definition) is 4. The summed E-state index contributed by atoms with van der Waals surface area (Å²) in [4.78, 5) is 11.4.